The lowest BCUT2D eigenvalue weighted by atomic mass is 9.88. The highest BCUT2D eigenvalue weighted by molar-refractivity contribution is 5.90. The van der Waals surface area contributed by atoms with Crippen LogP contribution in [0.1, 0.15) is 22.7 Å². The Balaban J connectivity index is 1.71. The van der Waals surface area contributed by atoms with Crippen LogP contribution in [-0.2, 0) is 6.42 Å². The van der Waals surface area contributed by atoms with Crippen LogP contribution in [0.25, 0.3) is 0 Å². The lowest BCUT2D eigenvalue weighted by Gasteiger charge is -2.37. The van der Waals surface area contributed by atoms with E-state index in [-0.39, 0.29) is 11.5 Å². The van der Waals surface area contributed by atoms with Crippen LogP contribution in [0.5, 0.6) is 0 Å². The molecule has 2 amide bonds. The van der Waals surface area contributed by atoms with Gasteiger partial charge in [0.15, 0.2) is 0 Å². The molecule has 6 heteroatoms. The third-order valence-electron chi connectivity index (χ3n) is 4.90. The number of carbonyl (C=O) groups excluding carboxylic acids is 1. The van der Waals surface area contributed by atoms with Crippen molar-refractivity contribution < 1.29 is 18.0 Å². The second kappa shape index (κ2) is 7.38. The first kappa shape index (κ1) is 18.1. The van der Waals surface area contributed by atoms with Crippen molar-refractivity contribution in [1.82, 2.24) is 4.90 Å². The normalized spacial score (nSPS) is 15.8. The molecule has 1 heterocycles. The standard InChI is InChI=1S/C22H17F3N2O/c23-16-7-5-15(6-8-16)21-18-4-2-1-3-14(18)11-12-27(21)22(28)26-20-13-17(24)9-10-19(20)25/h1-10,13,21H,11-12H2,(H,26,28). The van der Waals surface area contributed by atoms with E-state index in [1.807, 2.05) is 24.3 Å². The Kier molecular flexibility index (Phi) is 4.77. The van der Waals surface area contributed by atoms with Gasteiger partial charge in [-0.25, -0.2) is 18.0 Å². The second-order valence-corrected chi connectivity index (χ2v) is 6.65. The molecule has 4 rings (SSSR count). The van der Waals surface area contributed by atoms with Crippen molar-refractivity contribution in [2.45, 2.75) is 12.5 Å². The number of nitrogens with one attached hydrogen (secondary N) is 1. The highest BCUT2D eigenvalue weighted by atomic mass is 19.1. The predicted molar refractivity (Wildman–Crippen MR) is 100 cm³/mol. The molecule has 1 unspecified atom stereocenters. The van der Waals surface area contributed by atoms with E-state index in [0.29, 0.717) is 13.0 Å². The van der Waals surface area contributed by atoms with E-state index >= 15 is 0 Å². The zero-order valence-corrected chi connectivity index (χ0v) is 14.8. The van der Waals surface area contributed by atoms with E-state index in [0.717, 1.165) is 34.9 Å². The molecular weight excluding hydrogens is 365 g/mol. The number of halogens is 3. The Morgan fingerprint density at radius 1 is 0.929 bits per heavy atom. The number of rotatable bonds is 2. The number of urea groups is 1. The molecule has 1 N–H and O–H groups in total. The van der Waals surface area contributed by atoms with Gasteiger partial charge in [-0.05, 0) is 47.4 Å². The fourth-order valence-corrected chi connectivity index (χ4v) is 3.57. The first-order valence-corrected chi connectivity index (χ1v) is 8.89. The average Bonchev–Trinajstić information content (AvgIpc) is 2.70. The molecule has 0 bridgehead atoms. The summed E-state index contributed by atoms with van der Waals surface area (Å²) in [6.45, 7) is 0.391. The fourth-order valence-electron chi connectivity index (χ4n) is 3.57. The second-order valence-electron chi connectivity index (χ2n) is 6.65. The smallest absolute Gasteiger partial charge is 0.313 e. The molecule has 0 aliphatic carbocycles. The van der Waals surface area contributed by atoms with E-state index in [1.54, 1.807) is 17.0 Å². The highest BCUT2D eigenvalue weighted by Crippen LogP contribution is 2.35. The molecule has 0 radical (unpaired) electrons. The maximum absolute atomic E-state index is 14.0. The number of benzene rings is 3. The minimum absolute atomic E-state index is 0.221. The molecule has 1 aliphatic heterocycles. The Bertz CT molecular complexity index is 1020. The van der Waals surface area contributed by atoms with Crippen LogP contribution in [0.3, 0.4) is 0 Å². The first-order valence-electron chi connectivity index (χ1n) is 8.89. The number of anilines is 1. The maximum Gasteiger partial charge on any atom is 0.322 e. The number of nitrogens with zero attached hydrogens (tertiary/aromatic N) is 1. The topological polar surface area (TPSA) is 32.3 Å². The van der Waals surface area contributed by atoms with Crippen LogP contribution < -0.4 is 5.32 Å². The molecule has 0 spiro atoms. The highest BCUT2D eigenvalue weighted by Gasteiger charge is 2.32. The molecule has 3 aromatic rings. The van der Waals surface area contributed by atoms with E-state index in [9.17, 15) is 18.0 Å². The third-order valence-corrected chi connectivity index (χ3v) is 4.90. The summed E-state index contributed by atoms with van der Waals surface area (Å²) in [6.07, 6.45) is 0.632. The zero-order chi connectivity index (χ0) is 19.7. The first-order chi connectivity index (χ1) is 13.5. The largest absolute Gasteiger partial charge is 0.322 e. The lowest BCUT2D eigenvalue weighted by Crippen LogP contribution is -2.43. The zero-order valence-electron chi connectivity index (χ0n) is 14.8. The number of carbonyl (C=O) groups is 1. The molecule has 3 nitrogen and oxygen atoms in total. The van der Waals surface area contributed by atoms with Crippen LogP contribution >= 0.6 is 0 Å². The van der Waals surface area contributed by atoms with E-state index in [4.69, 9.17) is 0 Å². The number of amides is 2. The van der Waals surface area contributed by atoms with Crippen molar-refractivity contribution in [3.63, 3.8) is 0 Å². The monoisotopic (exact) mass is 382 g/mol. The van der Waals surface area contributed by atoms with Crippen LogP contribution in [0.2, 0.25) is 0 Å². The SMILES string of the molecule is O=C(Nc1cc(F)ccc1F)N1CCc2ccccc2C1c1ccc(F)cc1. The molecule has 1 aliphatic rings. The van der Waals surface area contributed by atoms with Gasteiger partial charge in [0.1, 0.15) is 17.5 Å². The molecule has 0 saturated carbocycles. The molecule has 28 heavy (non-hydrogen) atoms. The molecule has 0 aromatic heterocycles. The molecular formula is C22H17F3N2O. The van der Waals surface area contributed by atoms with Crippen molar-refractivity contribution in [2.24, 2.45) is 0 Å². The van der Waals surface area contributed by atoms with Crippen molar-refractivity contribution in [3.05, 3.63) is 101 Å². The predicted octanol–water partition coefficient (Wildman–Crippen LogP) is 5.28. The maximum atomic E-state index is 14.0. The van der Waals surface area contributed by atoms with Gasteiger partial charge < -0.3 is 10.2 Å². The summed E-state index contributed by atoms with van der Waals surface area (Å²) >= 11 is 0. The molecule has 0 saturated heterocycles. The number of fused-ring (bicyclic) bond motifs is 1. The Hall–Kier alpha value is -3.28. The van der Waals surface area contributed by atoms with Gasteiger partial charge in [0.05, 0.1) is 11.7 Å². The Labute approximate surface area is 160 Å². The van der Waals surface area contributed by atoms with Gasteiger partial charge >= 0.3 is 6.03 Å². The van der Waals surface area contributed by atoms with Gasteiger partial charge in [0.25, 0.3) is 0 Å². The van der Waals surface area contributed by atoms with E-state index in [1.165, 1.54) is 12.1 Å². The Morgan fingerprint density at radius 2 is 1.64 bits per heavy atom. The molecule has 3 aromatic carbocycles. The summed E-state index contributed by atoms with van der Waals surface area (Å²) in [5, 5.41) is 2.46. The van der Waals surface area contributed by atoms with Gasteiger partial charge in [0, 0.05) is 12.6 Å². The van der Waals surface area contributed by atoms with Gasteiger partial charge in [0.2, 0.25) is 0 Å². The van der Waals surface area contributed by atoms with Crippen LogP contribution in [-0.4, -0.2) is 17.5 Å². The number of hydrogen-bond donors (Lipinski definition) is 1. The molecule has 0 fully saturated rings. The summed E-state index contributed by atoms with van der Waals surface area (Å²) in [4.78, 5) is 14.5. The summed E-state index contributed by atoms with van der Waals surface area (Å²) < 4.78 is 40.8. The van der Waals surface area contributed by atoms with Gasteiger partial charge in [-0.15, -0.1) is 0 Å². The van der Waals surface area contributed by atoms with E-state index < -0.39 is 23.7 Å². The van der Waals surface area contributed by atoms with Crippen molar-refractivity contribution in [3.8, 4) is 0 Å². The molecule has 1 atom stereocenters. The van der Waals surface area contributed by atoms with Gasteiger partial charge in [-0.2, -0.15) is 0 Å². The average molecular weight is 382 g/mol. The summed E-state index contributed by atoms with van der Waals surface area (Å²) in [6, 6.07) is 15.6. The molecule has 142 valence electrons. The van der Waals surface area contributed by atoms with Crippen molar-refractivity contribution >= 4 is 11.7 Å². The van der Waals surface area contributed by atoms with Crippen LogP contribution in [0.4, 0.5) is 23.7 Å². The minimum Gasteiger partial charge on any atom is -0.313 e. The number of hydrogen-bond acceptors (Lipinski definition) is 1. The fraction of sp³-hybridized carbons (Fsp3) is 0.136. The van der Waals surface area contributed by atoms with Crippen LogP contribution in [0, 0.1) is 17.5 Å². The van der Waals surface area contributed by atoms with Gasteiger partial charge in [-0.1, -0.05) is 36.4 Å². The third kappa shape index (κ3) is 3.45. The Morgan fingerprint density at radius 3 is 2.43 bits per heavy atom. The van der Waals surface area contributed by atoms with Crippen molar-refractivity contribution in [1.29, 1.82) is 0 Å². The lowest BCUT2D eigenvalue weighted by molar-refractivity contribution is 0.194. The minimum atomic E-state index is -0.717. The van der Waals surface area contributed by atoms with Gasteiger partial charge in [-0.3, -0.25) is 0 Å². The van der Waals surface area contributed by atoms with Crippen LogP contribution in [0.15, 0.2) is 66.7 Å². The summed E-state index contributed by atoms with van der Waals surface area (Å²) in [7, 11) is 0. The van der Waals surface area contributed by atoms with Crippen molar-refractivity contribution in [2.75, 3.05) is 11.9 Å². The quantitative estimate of drug-likeness (QED) is 0.642. The van der Waals surface area contributed by atoms with E-state index in [2.05, 4.69) is 5.32 Å². The summed E-state index contributed by atoms with van der Waals surface area (Å²) in [5.41, 5.74) is 2.54. The summed E-state index contributed by atoms with van der Waals surface area (Å²) in [5.74, 6) is -1.73.